The van der Waals surface area contributed by atoms with Crippen molar-refractivity contribution in [3.63, 3.8) is 0 Å². The van der Waals surface area contributed by atoms with Crippen LogP contribution in [0, 0.1) is 11.8 Å². The highest BCUT2D eigenvalue weighted by Gasteiger charge is 2.49. The summed E-state index contributed by atoms with van der Waals surface area (Å²) in [7, 11) is 1.94. The first-order chi connectivity index (χ1) is 14.0. The molecule has 0 unspecified atom stereocenters. The second-order valence-electron chi connectivity index (χ2n) is 8.66. The van der Waals surface area contributed by atoms with Gasteiger partial charge in [0, 0.05) is 46.1 Å². The predicted molar refractivity (Wildman–Crippen MR) is 107 cm³/mol. The van der Waals surface area contributed by atoms with Crippen molar-refractivity contribution in [1.82, 2.24) is 29.7 Å². The highest BCUT2D eigenvalue weighted by molar-refractivity contribution is 5.78. The standard InChI is InChI=1S/C20H27N7O2/c1-12(28)21-8-17-14-6-13(16-4-3-5-18(29)27(16)17)9-26(10-14)20-22-7-15-19(24-20)25(2)11-23-15/h7,11,13-14,16-17H,3-6,8-10H2,1-2H3,(H,21,28)/t13-,14+,16+,17+/m1/s1. The van der Waals surface area contributed by atoms with Crippen LogP contribution in [0.25, 0.3) is 11.2 Å². The van der Waals surface area contributed by atoms with Crippen molar-refractivity contribution in [2.75, 3.05) is 24.5 Å². The van der Waals surface area contributed by atoms with Crippen LogP contribution in [0.4, 0.5) is 5.95 Å². The number of amides is 2. The molecule has 0 aliphatic carbocycles. The molecule has 154 valence electrons. The number of piperidine rings is 3. The van der Waals surface area contributed by atoms with Crippen LogP contribution in [0.1, 0.15) is 32.6 Å². The fourth-order valence-corrected chi connectivity index (χ4v) is 5.51. The number of fused-ring (bicyclic) bond motifs is 5. The van der Waals surface area contributed by atoms with Crippen LogP contribution in [0.5, 0.6) is 0 Å². The molecule has 3 aliphatic heterocycles. The maximum atomic E-state index is 12.8. The molecule has 29 heavy (non-hydrogen) atoms. The molecule has 5 rings (SSSR count). The average molecular weight is 397 g/mol. The lowest BCUT2D eigenvalue weighted by Crippen LogP contribution is -2.67. The van der Waals surface area contributed by atoms with Crippen LogP contribution in [0.3, 0.4) is 0 Å². The van der Waals surface area contributed by atoms with E-state index < -0.39 is 0 Å². The lowest BCUT2D eigenvalue weighted by Gasteiger charge is -2.56. The molecule has 3 aliphatic rings. The van der Waals surface area contributed by atoms with E-state index in [1.165, 1.54) is 6.92 Å². The van der Waals surface area contributed by atoms with E-state index in [9.17, 15) is 9.59 Å². The lowest BCUT2D eigenvalue weighted by molar-refractivity contribution is -0.149. The van der Waals surface area contributed by atoms with Gasteiger partial charge in [-0.05, 0) is 31.1 Å². The van der Waals surface area contributed by atoms with Crippen molar-refractivity contribution in [2.24, 2.45) is 18.9 Å². The molecule has 0 aromatic carbocycles. The van der Waals surface area contributed by atoms with Gasteiger partial charge >= 0.3 is 0 Å². The molecule has 2 amide bonds. The van der Waals surface area contributed by atoms with E-state index in [1.54, 1.807) is 12.5 Å². The van der Waals surface area contributed by atoms with Crippen molar-refractivity contribution in [1.29, 1.82) is 0 Å². The van der Waals surface area contributed by atoms with Crippen molar-refractivity contribution < 1.29 is 9.59 Å². The first-order valence-corrected chi connectivity index (χ1v) is 10.5. The zero-order valence-corrected chi connectivity index (χ0v) is 16.9. The van der Waals surface area contributed by atoms with Crippen LogP contribution < -0.4 is 10.2 Å². The molecule has 0 saturated carbocycles. The molecule has 2 aromatic rings. The molecule has 5 heterocycles. The molecule has 3 fully saturated rings. The van der Waals surface area contributed by atoms with Gasteiger partial charge in [-0.1, -0.05) is 0 Å². The van der Waals surface area contributed by atoms with E-state index in [1.807, 2.05) is 11.6 Å². The van der Waals surface area contributed by atoms with Crippen LogP contribution >= 0.6 is 0 Å². The summed E-state index contributed by atoms with van der Waals surface area (Å²) >= 11 is 0. The minimum Gasteiger partial charge on any atom is -0.354 e. The number of rotatable bonds is 3. The van der Waals surface area contributed by atoms with E-state index in [-0.39, 0.29) is 23.9 Å². The first kappa shape index (κ1) is 18.3. The Labute approximate surface area is 169 Å². The lowest BCUT2D eigenvalue weighted by atomic mass is 9.72. The fourth-order valence-electron chi connectivity index (χ4n) is 5.51. The summed E-state index contributed by atoms with van der Waals surface area (Å²) in [6.07, 6.45) is 7.23. The van der Waals surface area contributed by atoms with E-state index >= 15 is 0 Å². The molecule has 1 N–H and O–H groups in total. The van der Waals surface area contributed by atoms with Gasteiger partial charge < -0.3 is 19.7 Å². The topological polar surface area (TPSA) is 96.2 Å². The average Bonchev–Trinajstić information content (AvgIpc) is 3.08. The summed E-state index contributed by atoms with van der Waals surface area (Å²) in [5.41, 5.74) is 1.62. The molecule has 3 saturated heterocycles. The normalized spacial score (nSPS) is 29.1. The summed E-state index contributed by atoms with van der Waals surface area (Å²) in [4.78, 5) is 42.4. The maximum Gasteiger partial charge on any atom is 0.227 e. The number of aromatic nitrogens is 4. The van der Waals surface area contributed by atoms with Crippen molar-refractivity contribution >= 4 is 28.9 Å². The van der Waals surface area contributed by atoms with Gasteiger partial charge in [0.15, 0.2) is 5.65 Å². The summed E-state index contributed by atoms with van der Waals surface area (Å²) < 4.78 is 1.91. The minimum absolute atomic E-state index is 0.0381. The van der Waals surface area contributed by atoms with E-state index in [0.29, 0.717) is 24.8 Å². The minimum atomic E-state index is -0.0502. The zero-order chi connectivity index (χ0) is 20.1. The Hall–Kier alpha value is -2.71. The predicted octanol–water partition coefficient (Wildman–Crippen LogP) is 0.705. The van der Waals surface area contributed by atoms with Crippen LogP contribution in [-0.4, -0.2) is 68.0 Å². The monoisotopic (exact) mass is 397 g/mol. The van der Waals surface area contributed by atoms with Gasteiger partial charge in [0.25, 0.3) is 0 Å². The number of hydrogen-bond acceptors (Lipinski definition) is 6. The van der Waals surface area contributed by atoms with Gasteiger partial charge in [-0.2, -0.15) is 4.98 Å². The third kappa shape index (κ3) is 3.12. The van der Waals surface area contributed by atoms with Gasteiger partial charge in [0.1, 0.15) is 5.52 Å². The number of nitrogens with one attached hydrogen (secondary N) is 1. The smallest absolute Gasteiger partial charge is 0.227 e. The number of imidazole rings is 1. The molecular weight excluding hydrogens is 370 g/mol. The van der Waals surface area contributed by atoms with Gasteiger partial charge in [-0.25, -0.2) is 9.97 Å². The number of nitrogens with zero attached hydrogens (tertiary/aromatic N) is 6. The summed E-state index contributed by atoms with van der Waals surface area (Å²) in [6.45, 7) is 3.71. The fraction of sp³-hybridized carbons (Fsp3) is 0.650. The SMILES string of the molecule is CC(=O)NC[C@H]1[C@H]2C[C@H](CN(c3ncc4ncn(C)c4n3)C2)[C@@H]2CCCC(=O)N21. The van der Waals surface area contributed by atoms with Crippen molar-refractivity contribution in [3.05, 3.63) is 12.5 Å². The molecule has 9 heteroatoms. The Morgan fingerprint density at radius 3 is 2.93 bits per heavy atom. The number of hydrogen-bond donors (Lipinski definition) is 1. The molecule has 0 radical (unpaired) electrons. The second-order valence-corrected chi connectivity index (χ2v) is 8.66. The molecule has 0 spiro atoms. The summed E-state index contributed by atoms with van der Waals surface area (Å²) in [5, 5.41) is 2.96. The van der Waals surface area contributed by atoms with Gasteiger partial charge in [-0.3, -0.25) is 9.59 Å². The molecule has 9 nitrogen and oxygen atoms in total. The van der Waals surface area contributed by atoms with Gasteiger partial charge in [-0.15, -0.1) is 0 Å². The quantitative estimate of drug-likeness (QED) is 0.819. The Bertz CT molecular complexity index is 957. The number of aryl methyl sites for hydroxylation is 1. The Morgan fingerprint density at radius 1 is 1.28 bits per heavy atom. The second kappa shape index (κ2) is 6.96. The highest BCUT2D eigenvalue weighted by Crippen LogP contribution is 2.42. The largest absolute Gasteiger partial charge is 0.354 e. The highest BCUT2D eigenvalue weighted by atomic mass is 16.2. The Kier molecular flexibility index (Phi) is 4.40. The third-order valence-corrected chi connectivity index (χ3v) is 6.78. The zero-order valence-electron chi connectivity index (χ0n) is 16.9. The summed E-state index contributed by atoms with van der Waals surface area (Å²) in [5.74, 6) is 1.63. The summed E-state index contributed by atoms with van der Waals surface area (Å²) in [6, 6.07) is 0.283. The van der Waals surface area contributed by atoms with Gasteiger partial charge in [0.2, 0.25) is 17.8 Å². The van der Waals surface area contributed by atoms with Gasteiger partial charge in [0.05, 0.1) is 18.6 Å². The van der Waals surface area contributed by atoms with Crippen LogP contribution in [-0.2, 0) is 16.6 Å². The van der Waals surface area contributed by atoms with E-state index in [2.05, 4.69) is 25.1 Å². The first-order valence-electron chi connectivity index (χ1n) is 10.5. The van der Waals surface area contributed by atoms with E-state index in [0.717, 1.165) is 49.5 Å². The van der Waals surface area contributed by atoms with Crippen LogP contribution in [0.2, 0.25) is 0 Å². The third-order valence-electron chi connectivity index (χ3n) is 6.78. The number of anilines is 1. The van der Waals surface area contributed by atoms with Crippen LogP contribution in [0.15, 0.2) is 12.5 Å². The van der Waals surface area contributed by atoms with Crippen molar-refractivity contribution in [3.8, 4) is 0 Å². The van der Waals surface area contributed by atoms with Crippen molar-refractivity contribution in [2.45, 2.75) is 44.7 Å². The van der Waals surface area contributed by atoms with E-state index in [4.69, 9.17) is 4.98 Å². The molecule has 2 aromatic heterocycles. The number of carbonyl (C=O) groups excluding carboxylic acids is 2. The Morgan fingerprint density at radius 2 is 2.10 bits per heavy atom. The number of carbonyl (C=O) groups is 2. The Balaban J connectivity index is 1.46. The molecular formula is C20H27N7O2. The maximum absolute atomic E-state index is 12.8. The molecule has 2 bridgehead atoms. The molecule has 4 atom stereocenters.